The fourth-order valence-electron chi connectivity index (χ4n) is 4.42. The number of esters is 1. The van der Waals surface area contributed by atoms with Crippen molar-refractivity contribution in [2.45, 2.75) is 85.5 Å². The fraction of sp³-hybridized carbons (Fsp3) is 0.342. The van der Waals surface area contributed by atoms with E-state index in [1.165, 1.54) is 11.1 Å². The van der Waals surface area contributed by atoms with Gasteiger partial charge in [0, 0.05) is 36.3 Å². The number of hydrogen-bond donors (Lipinski definition) is 2. The first kappa shape index (κ1) is 40.2. The summed E-state index contributed by atoms with van der Waals surface area (Å²) in [6, 6.07) is 27.2. The van der Waals surface area contributed by atoms with Gasteiger partial charge in [-0.25, -0.2) is 14.4 Å². The van der Waals surface area contributed by atoms with E-state index in [0.717, 1.165) is 18.4 Å². The highest BCUT2D eigenvalue weighted by Crippen LogP contribution is 2.11. The molecule has 2 heterocycles. The van der Waals surface area contributed by atoms with Crippen LogP contribution in [0.1, 0.15) is 61.7 Å². The number of carbonyl (C=O) groups excluding carboxylic acids is 3. The van der Waals surface area contributed by atoms with Gasteiger partial charge in [-0.15, -0.1) is 0 Å². The lowest BCUT2D eigenvalue weighted by molar-refractivity contribution is -0.727. The highest BCUT2D eigenvalue weighted by atomic mass is 35.5. The Morgan fingerprint density at radius 1 is 0.653 bits per heavy atom. The predicted molar refractivity (Wildman–Crippen MR) is 182 cm³/mol. The van der Waals surface area contributed by atoms with Crippen LogP contribution in [0.2, 0.25) is 0 Å². The normalized spacial score (nSPS) is 11.7. The first-order valence-electron chi connectivity index (χ1n) is 16.0. The molecular formula is C38H48ClN4O6+. The molecule has 0 aliphatic rings. The molecule has 0 unspecified atom stereocenters. The minimum Gasteiger partial charge on any atom is -1.00 e. The second-order valence-electron chi connectivity index (χ2n) is 12.6. The molecule has 0 aliphatic heterocycles. The molecule has 0 spiro atoms. The van der Waals surface area contributed by atoms with Crippen molar-refractivity contribution in [3.8, 4) is 0 Å². The molecule has 10 nitrogen and oxygen atoms in total. The van der Waals surface area contributed by atoms with Crippen LogP contribution in [-0.2, 0) is 40.5 Å². The maximum absolute atomic E-state index is 12.0. The number of ether oxygens (including phenoxy) is 3. The molecule has 4 rings (SSSR count). The number of nitrogens with zero attached hydrogens (tertiary/aromatic N) is 2. The van der Waals surface area contributed by atoms with E-state index in [9.17, 15) is 14.4 Å². The van der Waals surface area contributed by atoms with Gasteiger partial charge in [-0.2, -0.15) is 9.13 Å². The zero-order valence-corrected chi connectivity index (χ0v) is 29.9. The van der Waals surface area contributed by atoms with E-state index in [1.807, 2.05) is 131 Å². The average molecular weight is 692 g/mol. The van der Waals surface area contributed by atoms with Crippen molar-refractivity contribution in [3.05, 3.63) is 132 Å². The number of benzene rings is 2. The minimum atomic E-state index is -0.541. The van der Waals surface area contributed by atoms with Crippen molar-refractivity contribution in [1.29, 1.82) is 0 Å². The van der Waals surface area contributed by atoms with Crippen molar-refractivity contribution in [3.63, 3.8) is 0 Å². The standard InChI is InChI=1S/C21H26N2O4.C17H20N2O2.ClH/c1-16(14-17-8-6-5-7-9-17)22-20(25)26-15-23-12-10-18(11-13-23)19(24)27-21(2,3)4;1-14-8-10-19(11-9-14)13-21-17(20)18-15(2)12-16-6-4-3-5-7-16;/h5-13,16H,14-15H2,1-4H3;3-11,15H,12-13H2,1-2H3;1H/p+1/t16-;15-;/m00./s1. The monoisotopic (exact) mass is 691 g/mol. The summed E-state index contributed by atoms with van der Waals surface area (Å²) >= 11 is 0. The van der Waals surface area contributed by atoms with Crippen molar-refractivity contribution in [2.24, 2.45) is 0 Å². The zero-order valence-electron chi connectivity index (χ0n) is 29.1. The Balaban J connectivity index is 0.000000343. The molecule has 0 saturated heterocycles. The molecule has 0 radical (unpaired) electrons. The largest absolute Gasteiger partial charge is 1.00 e. The van der Waals surface area contributed by atoms with Gasteiger partial charge in [0.2, 0.25) is 0 Å². The Morgan fingerprint density at radius 2 is 1.04 bits per heavy atom. The SMILES string of the molecule is C[C@@H](Cc1ccccc1)NC(=O)OC[n+]1ccc(C(=O)OC(C)(C)C)cc1.Cc1cc[n+](COC(=O)N[C@@H](C)Cc2ccccc2)cc1.[Cl-]. The van der Waals surface area contributed by atoms with Gasteiger partial charge in [-0.3, -0.25) is 0 Å². The lowest BCUT2D eigenvalue weighted by Crippen LogP contribution is -3.00. The predicted octanol–water partition coefficient (Wildman–Crippen LogP) is 2.85. The van der Waals surface area contributed by atoms with Gasteiger partial charge < -0.3 is 37.3 Å². The number of aromatic nitrogens is 2. The van der Waals surface area contributed by atoms with Gasteiger partial charge in [-0.1, -0.05) is 60.7 Å². The van der Waals surface area contributed by atoms with E-state index in [0.29, 0.717) is 5.56 Å². The van der Waals surface area contributed by atoms with Crippen LogP contribution in [0.15, 0.2) is 110 Å². The van der Waals surface area contributed by atoms with Gasteiger partial charge in [0.1, 0.15) is 5.60 Å². The van der Waals surface area contributed by atoms with E-state index in [2.05, 4.69) is 10.6 Å². The quantitative estimate of drug-likeness (QED) is 0.142. The number of amides is 2. The van der Waals surface area contributed by atoms with E-state index in [-0.39, 0.29) is 43.9 Å². The maximum Gasteiger partial charge on any atom is 0.412 e. The van der Waals surface area contributed by atoms with Crippen LogP contribution in [0.3, 0.4) is 0 Å². The smallest absolute Gasteiger partial charge is 0.412 e. The molecule has 0 fully saturated rings. The number of rotatable bonds is 11. The first-order chi connectivity index (χ1) is 22.9. The third kappa shape index (κ3) is 16.6. The Kier molecular flexibility index (Phi) is 16.8. The summed E-state index contributed by atoms with van der Waals surface area (Å²) in [5, 5.41) is 5.64. The summed E-state index contributed by atoms with van der Waals surface area (Å²) in [6.07, 6.45) is 7.74. The Morgan fingerprint density at radius 3 is 1.43 bits per heavy atom. The Labute approximate surface area is 295 Å². The van der Waals surface area contributed by atoms with Gasteiger partial charge in [-0.05, 0) is 71.1 Å². The molecule has 0 saturated carbocycles. The summed E-state index contributed by atoms with van der Waals surface area (Å²) in [4.78, 5) is 35.6. The van der Waals surface area contributed by atoms with Crippen molar-refractivity contribution in [2.75, 3.05) is 0 Å². The van der Waals surface area contributed by atoms with Crippen LogP contribution in [0.4, 0.5) is 9.59 Å². The summed E-state index contributed by atoms with van der Waals surface area (Å²) in [5.41, 5.74) is 3.42. The van der Waals surface area contributed by atoms with Gasteiger partial charge in [0.15, 0.2) is 24.8 Å². The summed E-state index contributed by atoms with van der Waals surface area (Å²) < 4.78 is 19.2. The van der Waals surface area contributed by atoms with Crippen LogP contribution < -0.4 is 32.2 Å². The van der Waals surface area contributed by atoms with Crippen LogP contribution in [0, 0.1) is 6.92 Å². The first-order valence-corrected chi connectivity index (χ1v) is 16.0. The topological polar surface area (TPSA) is 111 Å². The lowest BCUT2D eigenvalue weighted by Gasteiger charge is -2.19. The van der Waals surface area contributed by atoms with Crippen molar-refractivity contribution in [1.82, 2.24) is 10.6 Å². The molecule has 2 amide bonds. The fourth-order valence-corrected chi connectivity index (χ4v) is 4.42. The molecule has 0 aliphatic carbocycles. The minimum absolute atomic E-state index is 0. The van der Waals surface area contributed by atoms with Crippen LogP contribution in [0.25, 0.3) is 0 Å². The summed E-state index contributed by atoms with van der Waals surface area (Å²) in [5.74, 6) is -0.386. The number of nitrogens with one attached hydrogen (secondary N) is 2. The second-order valence-corrected chi connectivity index (χ2v) is 12.6. The molecule has 262 valence electrons. The zero-order chi connectivity index (χ0) is 34.9. The number of carbonyl (C=O) groups is 3. The van der Waals surface area contributed by atoms with Crippen LogP contribution in [-0.4, -0.2) is 35.8 Å². The molecule has 2 N–H and O–H groups in total. The molecule has 49 heavy (non-hydrogen) atoms. The third-order valence-electron chi connectivity index (χ3n) is 6.77. The highest BCUT2D eigenvalue weighted by Gasteiger charge is 2.19. The molecule has 2 aromatic heterocycles. The van der Waals surface area contributed by atoms with E-state index in [4.69, 9.17) is 14.2 Å². The second kappa shape index (κ2) is 20.4. The molecule has 2 aromatic carbocycles. The Bertz CT molecular complexity index is 1560. The number of halogens is 1. The molecular weight excluding hydrogens is 644 g/mol. The van der Waals surface area contributed by atoms with Crippen molar-refractivity contribution < 1.29 is 50.1 Å². The van der Waals surface area contributed by atoms with Gasteiger partial charge in [0.05, 0.1) is 5.56 Å². The van der Waals surface area contributed by atoms with Crippen LogP contribution >= 0.6 is 0 Å². The van der Waals surface area contributed by atoms with Crippen molar-refractivity contribution >= 4 is 18.2 Å². The molecule has 0 bridgehead atoms. The number of hydrogen-bond acceptors (Lipinski definition) is 6. The van der Waals surface area contributed by atoms with Crippen LogP contribution in [0.5, 0.6) is 0 Å². The van der Waals surface area contributed by atoms with E-state index >= 15 is 0 Å². The maximum atomic E-state index is 12.0. The average Bonchev–Trinajstić information content (AvgIpc) is 3.04. The number of pyridine rings is 2. The van der Waals surface area contributed by atoms with Gasteiger partial charge in [0.25, 0.3) is 13.5 Å². The van der Waals surface area contributed by atoms with Gasteiger partial charge >= 0.3 is 18.2 Å². The number of alkyl carbamates (subject to hydrolysis) is 2. The third-order valence-corrected chi connectivity index (χ3v) is 6.77. The molecule has 2 atom stereocenters. The number of aryl methyl sites for hydroxylation is 1. The highest BCUT2D eigenvalue weighted by molar-refractivity contribution is 5.89. The van der Waals surface area contributed by atoms with E-state index in [1.54, 1.807) is 29.1 Å². The van der Waals surface area contributed by atoms with E-state index < -0.39 is 17.8 Å². The lowest BCUT2D eigenvalue weighted by atomic mass is 10.1. The molecule has 11 heteroatoms. The summed E-state index contributed by atoms with van der Waals surface area (Å²) in [6.45, 7) is 11.6. The Hall–Kier alpha value is -4.96. The summed E-state index contributed by atoms with van der Waals surface area (Å²) in [7, 11) is 0. The molecule has 4 aromatic rings.